The zero-order chi connectivity index (χ0) is 36.3. The lowest BCUT2D eigenvalue weighted by molar-refractivity contribution is -0.164. The Kier molecular flexibility index (Phi) is 8.24. The van der Waals surface area contributed by atoms with Crippen LogP contribution in [0.4, 0.5) is 10.2 Å². The summed E-state index contributed by atoms with van der Waals surface area (Å²) in [5.41, 5.74) is -1.92. The first-order valence-corrected chi connectivity index (χ1v) is 17.2. The number of rotatable bonds is 10. The van der Waals surface area contributed by atoms with Crippen molar-refractivity contribution < 1.29 is 33.2 Å². The molecule has 6 atom stereocenters. The maximum atomic E-state index is 16.7. The van der Waals surface area contributed by atoms with E-state index < -0.39 is 46.9 Å². The third-order valence-electron chi connectivity index (χ3n) is 10.8. The molecule has 0 unspecified atom stereocenters. The van der Waals surface area contributed by atoms with E-state index in [9.17, 15) is 14.7 Å². The fraction of sp³-hybridized carbons (Fsp3) is 0.293. The predicted octanol–water partition coefficient (Wildman–Crippen LogP) is 5.96. The molecule has 4 aromatic carbocycles. The van der Waals surface area contributed by atoms with Gasteiger partial charge in [-0.25, -0.2) is 9.18 Å². The molecule has 0 radical (unpaired) electrons. The van der Waals surface area contributed by atoms with Crippen LogP contribution in [0.3, 0.4) is 0 Å². The largest absolute Gasteiger partial charge is 0.497 e. The van der Waals surface area contributed by atoms with Gasteiger partial charge in [0.2, 0.25) is 0 Å². The van der Waals surface area contributed by atoms with Crippen LogP contribution < -0.4 is 20.5 Å². The van der Waals surface area contributed by atoms with Crippen molar-refractivity contribution >= 4 is 11.7 Å². The van der Waals surface area contributed by atoms with Crippen LogP contribution in [0, 0.1) is 12.8 Å². The lowest BCUT2D eigenvalue weighted by atomic mass is 9.79. The molecule has 10 nitrogen and oxygen atoms in total. The number of aromatic nitrogens is 2. The number of hydrogen-bond acceptors (Lipinski definition) is 8. The molecule has 2 heterocycles. The molecule has 3 fully saturated rings. The van der Waals surface area contributed by atoms with Crippen molar-refractivity contribution in [2.24, 2.45) is 5.92 Å². The summed E-state index contributed by atoms with van der Waals surface area (Å²) in [6.45, 7) is 1.65. The Bertz CT molecular complexity index is 2120. The highest BCUT2D eigenvalue weighted by Gasteiger charge is 2.81. The minimum absolute atomic E-state index is 0.0519. The molecule has 52 heavy (non-hydrogen) atoms. The van der Waals surface area contributed by atoms with Crippen LogP contribution in [0.2, 0.25) is 0 Å². The number of carbonyl (C=O) groups excluding carboxylic acids is 1. The fourth-order valence-corrected chi connectivity index (χ4v) is 8.08. The van der Waals surface area contributed by atoms with Crippen LogP contribution in [-0.2, 0) is 15.1 Å². The molecule has 0 spiro atoms. The van der Waals surface area contributed by atoms with E-state index in [-0.39, 0.29) is 18.2 Å². The first-order chi connectivity index (χ1) is 25.1. The standard InChI is InChI=1S/C41H38FN3O7/c1-25-24-45(38(47)44-34(25)43-35(46)26-10-6-4-7-11-26)36-33(42)39(48)22-30-23-40(30,37(39)51-36)52-41(27-12-8-5-9-13-27,28-14-18-31(49-2)19-15-28)29-16-20-32(50-3)21-17-29/h4-21,24,30,33,36-37,48H,22-23H2,1-3H3,(H,43,44,46,47)/t30-,33-,36-,37+,39+,40-/m1/s1. The Morgan fingerprint density at radius 2 is 1.44 bits per heavy atom. The van der Waals surface area contributed by atoms with E-state index in [1.807, 2.05) is 78.9 Å². The number of fused-ring (bicyclic) bond motifs is 3. The number of amides is 1. The van der Waals surface area contributed by atoms with Gasteiger partial charge in [0.05, 0.1) is 14.2 Å². The average Bonchev–Trinajstić information content (AvgIpc) is 3.70. The Hall–Kier alpha value is -5.36. The topological polar surface area (TPSA) is 121 Å². The summed E-state index contributed by atoms with van der Waals surface area (Å²) in [6.07, 6.45) is -2.58. The number of ether oxygens (including phenoxy) is 4. The van der Waals surface area contributed by atoms with E-state index in [1.54, 1.807) is 51.5 Å². The molecule has 1 aromatic heterocycles. The average molecular weight is 704 g/mol. The number of aryl methyl sites for hydroxylation is 1. The Morgan fingerprint density at radius 3 is 2.02 bits per heavy atom. The Labute approximate surface area is 299 Å². The van der Waals surface area contributed by atoms with Gasteiger partial charge in [-0.1, -0.05) is 72.8 Å². The van der Waals surface area contributed by atoms with Crippen molar-refractivity contribution in [3.8, 4) is 11.5 Å². The lowest BCUT2D eigenvalue weighted by Gasteiger charge is -2.41. The first-order valence-electron chi connectivity index (χ1n) is 17.2. The number of carbonyl (C=O) groups is 1. The Morgan fingerprint density at radius 1 is 0.885 bits per heavy atom. The molecule has 11 heteroatoms. The van der Waals surface area contributed by atoms with E-state index in [0.717, 1.165) is 21.3 Å². The summed E-state index contributed by atoms with van der Waals surface area (Å²) < 4.78 is 42.6. The summed E-state index contributed by atoms with van der Waals surface area (Å²) >= 11 is 0. The number of anilines is 1. The van der Waals surface area contributed by atoms with Crippen molar-refractivity contribution in [1.82, 2.24) is 9.55 Å². The van der Waals surface area contributed by atoms with Gasteiger partial charge in [-0.3, -0.25) is 9.36 Å². The number of benzene rings is 4. The molecule has 5 aromatic rings. The van der Waals surface area contributed by atoms with Gasteiger partial charge in [-0.05, 0) is 78.8 Å². The molecule has 266 valence electrons. The molecular weight excluding hydrogens is 665 g/mol. The van der Waals surface area contributed by atoms with Crippen LogP contribution in [0.1, 0.15) is 51.7 Å². The molecule has 8 rings (SSSR count). The zero-order valence-corrected chi connectivity index (χ0v) is 28.9. The number of alkyl halides is 1. The summed E-state index contributed by atoms with van der Waals surface area (Å²) in [5.74, 6) is 0.734. The monoisotopic (exact) mass is 703 g/mol. The minimum Gasteiger partial charge on any atom is -0.497 e. The van der Waals surface area contributed by atoms with E-state index in [2.05, 4.69) is 10.3 Å². The summed E-state index contributed by atoms with van der Waals surface area (Å²) in [5, 5.41) is 14.8. The number of hydrogen-bond donors (Lipinski definition) is 2. The highest BCUT2D eigenvalue weighted by Crippen LogP contribution is 2.70. The summed E-state index contributed by atoms with van der Waals surface area (Å²) in [6, 6.07) is 33.5. The van der Waals surface area contributed by atoms with Gasteiger partial charge in [0, 0.05) is 17.3 Å². The van der Waals surface area contributed by atoms with E-state index in [4.69, 9.17) is 18.9 Å². The quantitative estimate of drug-likeness (QED) is 0.171. The van der Waals surface area contributed by atoms with Gasteiger partial charge < -0.3 is 29.4 Å². The van der Waals surface area contributed by atoms with Crippen molar-refractivity contribution in [2.45, 2.75) is 55.1 Å². The minimum atomic E-state index is -1.97. The normalized spacial score (nSPS) is 25.9. The second-order valence-corrected chi connectivity index (χ2v) is 13.7. The smallest absolute Gasteiger partial charge is 0.351 e. The molecule has 1 amide bonds. The van der Waals surface area contributed by atoms with Crippen LogP contribution in [-0.4, -0.2) is 58.3 Å². The molecular formula is C41H38FN3O7. The van der Waals surface area contributed by atoms with Crippen LogP contribution >= 0.6 is 0 Å². The molecule has 2 aliphatic carbocycles. The number of aliphatic hydroxyl groups is 1. The van der Waals surface area contributed by atoms with Crippen molar-refractivity contribution in [2.75, 3.05) is 19.5 Å². The first kappa shape index (κ1) is 33.8. The van der Waals surface area contributed by atoms with Crippen LogP contribution in [0.15, 0.2) is 120 Å². The maximum absolute atomic E-state index is 16.7. The number of methoxy groups -OCH3 is 2. The predicted molar refractivity (Wildman–Crippen MR) is 190 cm³/mol. The third kappa shape index (κ3) is 5.30. The van der Waals surface area contributed by atoms with E-state index in [0.29, 0.717) is 29.0 Å². The molecule has 1 saturated heterocycles. The molecule has 0 bridgehead atoms. The highest BCUT2D eigenvalue weighted by molar-refractivity contribution is 6.04. The van der Waals surface area contributed by atoms with Crippen molar-refractivity contribution in [1.29, 1.82) is 0 Å². The summed E-state index contributed by atoms with van der Waals surface area (Å²) in [4.78, 5) is 30.3. The second-order valence-electron chi connectivity index (χ2n) is 13.7. The van der Waals surface area contributed by atoms with Crippen molar-refractivity contribution in [3.63, 3.8) is 0 Å². The highest BCUT2D eigenvalue weighted by atomic mass is 19.1. The van der Waals surface area contributed by atoms with E-state index >= 15 is 4.39 Å². The SMILES string of the molecule is COc1ccc(C(O[C@]23C[C@H]2C[C@]2(O)[C@H](F)[C@H](n4cc(C)c(NC(=O)c5ccccc5)nc4=O)O[C@@H]23)(c2ccccc2)c2ccc(OC)cc2)cc1. The number of halogens is 1. The molecule has 2 saturated carbocycles. The van der Waals surface area contributed by atoms with Gasteiger partial charge in [-0.15, -0.1) is 0 Å². The molecule has 1 aliphatic heterocycles. The van der Waals surface area contributed by atoms with Gasteiger partial charge in [0.15, 0.2) is 12.4 Å². The zero-order valence-electron chi connectivity index (χ0n) is 28.9. The van der Waals surface area contributed by atoms with Gasteiger partial charge >= 0.3 is 5.69 Å². The van der Waals surface area contributed by atoms with E-state index in [1.165, 1.54) is 6.20 Å². The maximum Gasteiger partial charge on any atom is 0.351 e. The second kappa shape index (κ2) is 12.7. The number of nitrogens with one attached hydrogen (secondary N) is 1. The van der Waals surface area contributed by atoms with Crippen LogP contribution in [0.5, 0.6) is 11.5 Å². The van der Waals surface area contributed by atoms with Gasteiger partial charge in [-0.2, -0.15) is 4.98 Å². The fourth-order valence-electron chi connectivity index (χ4n) is 8.08. The van der Waals surface area contributed by atoms with Gasteiger partial charge in [0.25, 0.3) is 5.91 Å². The van der Waals surface area contributed by atoms with Gasteiger partial charge in [0.1, 0.15) is 40.2 Å². The summed E-state index contributed by atoms with van der Waals surface area (Å²) in [7, 11) is 3.20. The third-order valence-corrected chi connectivity index (χ3v) is 10.8. The Balaban J connectivity index is 1.18. The van der Waals surface area contributed by atoms with Crippen molar-refractivity contribution in [3.05, 3.63) is 154 Å². The van der Waals surface area contributed by atoms with Crippen LogP contribution in [0.25, 0.3) is 0 Å². The number of nitrogens with zero attached hydrogens (tertiary/aromatic N) is 2. The lowest BCUT2D eigenvalue weighted by Crippen LogP contribution is -2.51. The molecule has 2 N–H and O–H groups in total. The molecule has 3 aliphatic rings.